The molecule has 0 aliphatic heterocycles. The van der Waals surface area contributed by atoms with Crippen LogP contribution in [0.4, 0.5) is 0 Å². The molecule has 36 heavy (non-hydrogen) atoms. The molecule has 2 heterocycles. The number of pyridine rings is 1. The van der Waals surface area contributed by atoms with E-state index < -0.39 is 9.84 Å². The second-order valence-electron chi connectivity index (χ2n) is 8.44. The summed E-state index contributed by atoms with van der Waals surface area (Å²) in [4.78, 5) is 10.5. The largest absolute Gasteiger partial charge is 0.457 e. The number of thiazole rings is 1. The predicted octanol–water partition coefficient (Wildman–Crippen LogP) is 5.95. The highest BCUT2D eigenvalue weighted by atomic mass is 32.2. The Hall–Kier alpha value is -3.59. The minimum atomic E-state index is -3.01. The molecule has 1 N–H and O–H groups in total. The van der Waals surface area contributed by atoms with E-state index in [4.69, 9.17) is 9.72 Å². The molecule has 0 unspecified atom stereocenters. The van der Waals surface area contributed by atoms with Crippen LogP contribution >= 0.6 is 11.3 Å². The van der Waals surface area contributed by atoms with Crippen molar-refractivity contribution in [2.45, 2.75) is 6.54 Å². The standard InChI is InChI=1S/C28H25N3O3S2/c1-36(32,33)17-16-29-19-26-31-27(22-10-9-20-6-5-15-30-25(20)18-22)28(35-26)21-11-13-24(14-12-21)34-23-7-3-2-4-8-23/h2-15,18,29H,16-17,19H2,1H3. The number of nitrogens with zero attached hydrogens (tertiary/aromatic N) is 2. The van der Waals surface area contributed by atoms with E-state index in [0.29, 0.717) is 13.1 Å². The molecule has 0 bridgehead atoms. The zero-order valence-electron chi connectivity index (χ0n) is 19.7. The van der Waals surface area contributed by atoms with Crippen LogP contribution in [-0.4, -0.2) is 36.9 Å². The van der Waals surface area contributed by atoms with Crippen LogP contribution in [0.5, 0.6) is 11.5 Å². The summed E-state index contributed by atoms with van der Waals surface area (Å²) >= 11 is 1.60. The Bertz CT molecular complexity index is 1580. The number of ether oxygens (including phenoxy) is 1. The van der Waals surface area contributed by atoms with Gasteiger partial charge in [0.15, 0.2) is 0 Å². The summed E-state index contributed by atoms with van der Waals surface area (Å²) in [5, 5.41) is 5.16. The second kappa shape index (κ2) is 10.6. The molecule has 0 radical (unpaired) electrons. The molecule has 8 heteroatoms. The lowest BCUT2D eigenvalue weighted by atomic mass is 10.0. The van der Waals surface area contributed by atoms with E-state index >= 15 is 0 Å². The zero-order valence-corrected chi connectivity index (χ0v) is 21.4. The van der Waals surface area contributed by atoms with E-state index in [-0.39, 0.29) is 5.75 Å². The monoisotopic (exact) mass is 515 g/mol. The normalized spacial score (nSPS) is 11.6. The van der Waals surface area contributed by atoms with E-state index in [2.05, 4.69) is 28.5 Å². The summed E-state index contributed by atoms with van der Waals surface area (Å²) in [7, 11) is -3.01. The Morgan fingerprint density at radius 1 is 0.889 bits per heavy atom. The molecule has 3 aromatic carbocycles. The first-order valence-corrected chi connectivity index (χ1v) is 14.4. The molecule has 0 amide bonds. The van der Waals surface area contributed by atoms with Crippen molar-refractivity contribution in [3.63, 3.8) is 0 Å². The molecular formula is C28H25N3O3S2. The van der Waals surface area contributed by atoms with Crippen LogP contribution in [0.2, 0.25) is 0 Å². The van der Waals surface area contributed by atoms with E-state index in [1.165, 1.54) is 6.26 Å². The molecule has 5 aromatic rings. The fourth-order valence-corrected chi connectivity index (χ4v) is 5.37. The zero-order chi connectivity index (χ0) is 25.0. The van der Waals surface area contributed by atoms with Crippen LogP contribution < -0.4 is 10.1 Å². The van der Waals surface area contributed by atoms with E-state index in [0.717, 1.165) is 49.1 Å². The van der Waals surface area contributed by atoms with Crippen LogP contribution in [0.15, 0.2) is 91.1 Å². The average molecular weight is 516 g/mol. The van der Waals surface area contributed by atoms with Crippen molar-refractivity contribution in [1.29, 1.82) is 0 Å². The summed E-state index contributed by atoms with van der Waals surface area (Å²) < 4.78 is 28.9. The quantitative estimate of drug-likeness (QED) is 0.244. The third kappa shape index (κ3) is 5.96. The number of benzene rings is 3. The molecule has 0 fully saturated rings. The highest BCUT2D eigenvalue weighted by Gasteiger charge is 2.16. The van der Waals surface area contributed by atoms with Gasteiger partial charge in [0.1, 0.15) is 26.3 Å². The molecule has 0 saturated carbocycles. The first-order chi connectivity index (χ1) is 17.4. The lowest BCUT2D eigenvalue weighted by Gasteiger charge is -2.07. The first kappa shape index (κ1) is 24.1. The predicted molar refractivity (Wildman–Crippen MR) is 146 cm³/mol. The fraction of sp³-hybridized carbons (Fsp3) is 0.143. The average Bonchev–Trinajstić information content (AvgIpc) is 3.31. The third-order valence-electron chi connectivity index (χ3n) is 5.57. The number of hydrogen-bond donors (Lipinski definition) is 1. The van der Waals surface area contributed by atoms with E-state index in [1.54, 1.807) is 17.5 Å². The summed E-state index contributed by atoms with van der Waals surface area (Å²) in [5.41, 5.74) is 3.81. The fourth-order valence-electron chi connectivity index (χ4n) is 3.80. The second-order valence-corrected chi connectivity index (χ2v) is 11.8. The molecule has 0 aliphatic carbocycles. The Morgan fingerprint density at radius 3 is 2.42 bits per heavy atom. The lowest BCUT2D eigenvalue weighted by molar-refractivity contribution is 0.483. The van der Waals surface area contributed by atoms with E-state index in [1.807, 2.05) is 66.7 Å². The molecule has 0 saturated heterocycles. The van der Waals surface area contributed by atoms with Crippen LogP contribution in [-0.2, 0) is 16.4 Å². The maximum atomic E-state index is 11.5. The maximum absolute atomic E-state index is 11.5. The van der Waals surface area contributed by atoms with Crippen molar-refractivity contribution in [1.82, 2.24) is 15.3 Å². The number of rotatable bonds is 9. The number of sulfone groups is 1. The van der Waals surface area contributed by atoms with Gasteiger partial charge < -0.3 is 10.1 Å². The number of para-hydroxylation sites is 1. The number of aromatic nitrogens is 2. The summed E-state index contributed by atoms with van der Waals surface area (Å²) in [6, 6.07) is 27.8. The van der Waals surface area contributed by atoms with Crippen molar-refractivity contribution in [2.75, 3.05) is 18.6 Å². The molecule has 6 nitrogen and oxygen atoms in total. The Morgan fingerprint density at radius 2 is 1.64 bits per heavy atom. The van der Waals surface area contributed by atoms with Crippen molar-refractivity contribution in [2.24, 2.45) is 0 Å². The summed E-state index contributed by atoms with van der Waals surface area (Å²) in [5.74, 6) is 1.64. The topological polar surface area (TPSA) is 81.2 Å². The molecule has 0 spiro atoms. The van der Waals surface area contributed by atoms with Gasteiger partial charge in [0.25, 0.3) is 0 Å². The minimum Gasteiger partial charge on any atom is -0.457 e. The molecule has 0 aliphatic rings. The van der Waals surface area contributed by atoms with Gasteiger partial charge in [-0.15, -0.1) is 11.3 Å². The molecule has 5 rings (SSSR count). The lowest BCUT2D eigenvalue weighted by Crippen LogP contribution is -2.21. The SMILES string of the molecule is CS(=O)(=O)CCNCc1nc(-c2ccc3cccnc3c2)c(-c2ccc(Oc3ccccc3)cc2)s1. The number of hydrogen-bond acceptors (Lipinski definition) is 7. The van der Waals surface area contributed by atoms with Gasteiger partial charge in [-0.3, -0.25) is 4.98 Å². The Balaban J connectivity index is 1.45. The molecule has 0 atom stereocenters. The maximum Gasteiger partial charge on any atom is 0.148 e. The minimum absolute atomic E-state index is 0.0946. The Kier molecular flexibility index (Phi) is 7.09. The highest BCUT2D eigenvalue weighted by Crippen LogP contribution is 2.38. The number of nitrogens with one attached hydrogen (secondary N) is 1. The van der Waals surface area contributed by atoms with Crippen LogP contribution in [0.3, 0.4) is 0 Å². The van der Waals surface area contributed by atoms with Crippen LogP contribution in [0, 0.1) is 0 Å². The first-order valence-electron chi connectivity index (χ1n) is 11.5. The van der Waals surface area contributed by atoms with Crippen molar-refractivity contribution in [3.8, 4) is 33.2 Å². The van der Waals surface area contributed by atoms with Gasteiger partial charge in [-0.2, -0.15) is 0 Å². The third-order valence-corrected chi connectivity index (χ3v) is 7.62. The highest BCUT2D eigenvalue weighted by molar-refractivity contribution is 7.90. The van der Waals surface area contributed by atoms with Gasteiger partial charge in [-0.1, -0.05) is 36.4 Å². The molecular weight excluding hydrogens is 490 g/mol. The summed E-state index contributed by atoms with van der Waals surface area (Å²) in [6.45, 7) is 0.878. The van der Waals surface area contributed by atoms with Crippen LogP contribution in [0.1, 0.15) is 5.01 Å². The van der Waals surface area contributed by atoms with Gasteiger partial charge in [-0.25, -0.2) is 13.4 Å². The van der Waals surface area contributed by atoms with Crippen molar-refractivity contribution in [3.05, 3.63) is 96.1 Å². The van der Waals surface area contributed by atoms with Crippen LogP contribution in [0.25, 0.3) is 32.6 Å². The van der Waals surface area contributed by atoms with Gasteiger partial charge in [0.05, 0.1) is 21.8 Å². The Labute approximate surface area is 214 Å². The smallest absolute Gasteiger partial charge is 0.148 e. The van der Waals surface area contributed by atoms with Crippen molar-refractivity contribution >= 4 is 32.1 Å². The van der Waals surface area contributed by atoms with Crippen molar-refractivity contribution < 1.29 is 13.2 Å². The molecule has 2 aromatic heterocycles. The number of fused-ring (bicyclic) bond motifs is 1. The van der Waals surface area contributed by atoms with Gasteiger partial charge in [0, 0.05) is 36.5 Å². The summed E-state index contributed by atoms with van der Waals surface area (Å²) in [6.07, 6.45) is 3.03. The van der Waals surface area contributed by atoms with Gasteiger partial charge in [0.2, 0.25) is 0 Å². The van der Waals surface area contributed by atoms with Gasteiger partial charge in [-0.05, 0) is 54.1 Å². The van der Waals surface area contributed by atoms with Gasteiger partial charge >= 0.3 is 0 Å². The van der Waals surface area contributed by atoms with E-state index in [9.17, 15) is 8.42 Å². The molecule has 182 valence electrons.